The third-order valence-corrected chi connectivity index (χ3v) is 10.3. The highest BCUT2D eigenvalue weighted by Gasteiger charge is 2.73. The van der Waals surface area contributed by atoms with E-state index in [1.807, 2.05) is 36.4 Å². The molecule has 2 aromatic carbocycles. The largest absolute Gasteiger partial charge is 0.497 e. The highest BCUT2D eigenvalue weighted by molar-refractivity contribution is 6.02. The second-order valence-corrected chi connectivity index (χ2v) is 12.8. The lowest BCUT2D eigenvalue weighted by atomic mass is 9.73. The van der Waals surface area contributed by atoms with Crippen molar-refractivity contribution in [2.45, 2.75) is 63.0 Å². The lowest BCUT2D eigenvalue weighted by molar-refractivity contribution is -0.143. The molecule has 2 saturated heterocycles. The number of ether oxygens (including phenoxy) is 4. The molecule has 2 bridgehead atoms. The van der Waals surface area contributed by atoms with E-state index >= 15 is 0 Å². The molecule has 4 aliphatic heterocycles. The van der Waals surface area contributed by atoms with Crippen LogP contribution in [-0.2, 0) is 19.1 Å². The van der Waals surface area contributed by atoms with Crippen molar-refractivity contribution in [3.8, 4) is 17.2 Å². The van der Waals surface area contributed by atoms with Crippen molar-refractivity contribution in [2.75, 3.05) is 25.6 Å². The maximum Gasteiger partial charge on any atom is 0.246 e. The van der Waals surface area contributed by atoms with E-state index in [0.717, 1.165) is 19.3 Å². The number of carbonyl (C=O) groups excluding carboxylic acids is 3. The Hall–Kier alpha value is -4.05. The Bertz CT molecular complexity index is 1480. The summed E-state index contributed by atoms with van der Waals surface area (Å²) < 4.78 is 23.9. The fourth-order valence-corrected chi connectivity index (χ4v) is 7.78. The summed E-state index contributed by atoms with van der Waals surface area (Å²) in [5.74, 6) is 0.156. The Morgan fingerprint density at radius 3 is 2.59 bits per heavy atom. The number of anilines is 1. The van der Waals surface area contributed by atoms with Crippen LogP contribution < -0.4 is 24.8 Å². The highest BCUT2D eigenvalue weighted by Crippen LogP contribution is 2.55. The third kappa shape index (κ3) is 4.70. The molecule has 10 heteroatoms. The summed E-state index contributed by atoms with van der Waals surface area (Å²) in [6.45, 7) is 4.74. The predicted octanol–water partition coefficient (Wildman–Crippen LogP) is 3.57. The van der Waals surface area contributed by atoms with Gasteiger partial charge in [0.1, 0.15) is 24.0 Å². The minimum Gasteiger partial charge on any atom is -0.497 e. The summed E-state index contributed by atoms with van der Waals surface area (Å²) in [7, 11) is 1.58. The van der Waals surface area contributed by atoms with Crippen molar-refractivity contribution in [1.29, 1.82) is 0 Å². The lowest BCUT2D eigenvalue weighted by Gasteiger charge is -2.38. The zero-order valence-corrected chi connectivity index (χ0v) is 25.2. The Labute approximate surface area is 257 Å². The predicted molar refractivity (Wildman–Crippen MR) is 161 cm³/mol. The number of methoxy groups -OCH3 is 1. The molecule has 2 aromatic rings. The first kappa shape index (κ1) is 28.7. The molecule has 2 N–H and O–H groups in total. The second kappa shape index (κ2) is 11.1. The zero-order valence-electron chi connectivity index (χ0n) is 25.2. The van der Waals surface area contributed by atoms with Crippen LogP contribution >= 0.6 is 0 Å². The van der Waals surface area contributed by atoms with Crippen molar-refractivity contribution in [3.63, 3.8) is 0 Å². The number of carbonyl (C=O) groups is 3. The topological polar surface area (TPSA) is 115 Å². The van der Waals surface area contributed by atoms with Crippen LogP contribution in [0.3, 0.4) is 0 Å². The summed E-state index contributed by atoms with van der Waals surface area (Å²) in [5, 5.41) is 6.25. The molecule has 3 amide bonds. The SMILES string of the molecule is COc1ccc(NC(=O)[C@H]2[C@H]3C=C[C@@]4(O3)[C@H]2C(=O)N(C[C@@H]2COc3ccccc3O2)[C@@H]4C(=O)N[C@@H]2CCC[C@H](C)[C@@H]2C)cc1. The maximum atomic E-state index is 14.4. The number of nitrogens with zero attached hydrogens (tertiary/aromatic N) is 1. The maximum absolute atomic E-state index is 14.4. The van der Waals surface area contributed by atoms with E-state index < -0.39 is 35.7 Å². The van der Waals surface area contributed by atoms with Crippen LogP contribution in [0.4, 0.5) is 5.69 Å². The van der Waals surface area contributed by atoms with Gasteiger partial charge in [0.2, 0.25) is 17.7 Å². The molecule has 0 radical (unpaired) electrons. The van der Waals surface area contributed by atoms with E-state index in [1.54, 1.807) is 36.3 Å². The standard InChI is InChI=1S/C34H39N3O7/c1-19-7-6-8-24(20(19)2)36-32(39)30-34-16-15-27(44-34)28(31(38)35-21-11-13-22(41-3)14-12-21)29(34)33(40)37(30)17-23-18-42-25-9-4-5-10-26(25)43-23/h4-5,9-16,19-20,23-24,27-30H,6-8,17-18H2,1-3H3,(H,35,38)(H,36,39)/t19-,20-,23+,24+,27+,28-,29+,30+,34+/m0/s1. The average Bonchev–Trinajstić information content (AvgIpc) is 3.67. The molecule has 0 aromatic heterocycles. The molecule has 4 heterocycles. The number of hydrogen-bond donors (Lipinski definition) is 2. The average molecular weight is 602 g/mol. The van der Waals surface area contributed by atoms with Crippen molar-refractivity contribution in [1.82, 2.24) is 10.2 Å². The molecule has 1 aliphatic carbocycles. The first-order chi connectivity index (χ1) is 21.3. The first-order valence-corrected chi connectivity index (χ1v) is 15.6. The Balaban J connectivity index is 1.18. The van der Waals surface area contributed by atoms with Crippen LogP contribution in [0.15, 0.2) is 60.7 Å². The Kier molecular flexibility index (Phi) is 7.27. The third-order valence-electron chi connectivity index (χ3n) is 10.3. The summed E-state index contributed by atoms with van der Waals surface area (Å²) in [6.07, 6.45) is 5.60. The summed E-state index contributed by atoms with van der Waals surface area (Å²) in [5.41, 5.74) is -0.676. The van der Waals surface area contributed by atoms with Crippen LogP contribution in [-0.4, -0.2) is 72.8 Å². The fourth-order valence-electron chi connectivity index (χ4n) is 7.78. The van der Waals surface area contributed by atoms with E-state index in [-0.39, 0.29) is 36.9 Å². The molecule has 44 heavy (non-hydrogen) atoms. The van der Waals surface area contributed by atoms with Gasteiger partial charge in [-0.2, -0.15) is 0 Å². The Morgan fingerprint density at radius 1 is 1.05 bits per heavy atom. The molecule has 10 nitrogen and oxygen atoms in total. The number of para-hydroxylation sites is 2. The van der Waals surface area contributed by atoms with Crippen LogP contribution in [0.25, 0.3) is 0 Å². The van der Waals surface area contributed by atoms with Gasteiger partial charge >= 0.3 is 0 Å². The lowest BCUT2D eigenvalue weighted by Crippen LogP contribution is -2.59. The summed E-state index contributed by atoms with van der Waals surface area (Å²) in [6, 6.07) is 13.5. The van der Waals surface area contributed by atoms with E-state index in [2.05, 4.69) is 24.5 Å². The molecule has 1 spiro atoms. The number of hydrogen-bond acceptors (Lipinski definition) is 7. The van der Waals surface area contributed by atoms with Crippen LogP contribution in [0.5, 0.6) is 17.2 Å². The minimum absolute atomic E-state index is 0.00320. The molecule has 9 atom stereocenters. The summed E-state index contributed by atoms with van der Waals surface area (Å²) >= 11 is 0. The number of fused-ring (bicyclic) bond motifs is 2. The van der Waals surface area contributed by atoms with Crippen molar-refractivity contribution in [3.05, 3.63) is 60.7 Å². The summed E-state index contributed by atoms with van der Waals surface area (Å²) in [4.78, 5) is 44.1. The van der Waals surface area contributed by atoms with E-state index in [0.29, 0.717) is 34.8 Å². The normalized spacial score (nSPS) is 34.9. The van der Waals surface area contributed by atoms with Crippen molar-refractivity contribution >= 4 is 23.4 Å². The van der Waals surface area contributed by atoms with Crippen molar-refractivity contribution < 1.29 is 33.3 Å². The van der Waals surface area contributed by atoms with E-state index in [9.17, 15) is 14.4 Å². The van der Waals surface area contributed by atoms with Gasteiger partial charge < -0.3 is 34.5 Å². The molecule has 5 aliphatic rings. The Morgan fingerprint density at radius 2 is 1.82 bits per heavy atom. The molecule has 7 rings (SSSR count). The number of nitrogens with one attached hydrogen (secondary N) is 2. The van der Waals surface area contributed by atoms with Gasteiger partial charge in [-0.05, 0) is 54.7 Å². The van der Waals surface area contributed by atoms with Gasteiger partial charge in [0.15, 0.2) is 17.6 Å². The fraction of sp³-hybridized carbons (Fsp3) is 0.500. The van der Waals surface area contributed by atoms with Gasteiger partial charge in [-0.3, -0.25) is 14.4 Å². The van der Waals surface area contributed by atoms with Crippen LogP contribution in [0.1, 0.15) is 33.1 Å². The monoisotopic (exact) mass is 601 g/mol. The van der Waals surface area contributed by atoms with E-state index in [4.69, 9.17) is 18.9 Å². The highest BCUT2D eigenvalue weighted by atomic mass is 16.6. The molecular formula is C34H39N3O7. The quantitative estimate of drug-likeness (QED) is 0.467. The van der Waals surface area contributed by atoms with Gasteiger partial charge in [-0.15, -0.1) is 0 Å². The van der Waals surface area contributed by atoms with Crippen LogP contribution in [0.2, 0.25) is 0 Å². The molecule has 3 fully saturated rings. The zero-order chi connectivity index (χ0) is 30.6. The molecule has 1 saturated carbocycles. The van der Waals surface area contributed by atoms with Crippen LogP contribution in [0, 0.1) is 23.7 Å². The number of likely N-dealkylation sites (tertiary alicyclic amines) is 1. The molecular weight excluding hydrogens is 562 g/mol. The van der Waals surface area contributed by atoms with Gasteiger partial charge in [-0.1, -0.05) is 51.0 Å². The number of amides is 3. The van der Waals surface area contributed by atoms with Crippen molar-refractivity contribution in [2.24, 2.45) is 23.7 Å². The number of benzene rings is 2. The first-order valence-electron chi connectivity index (χ1n) is 15.6. The van der Waals surface area contributed by atoms with E-state index in [1.165, 1.54) is 0 Å². The number of rotatable bonds is 7. The van der Waals surface area contributed by atoms with Gasteiger partial charge in [0, 0.05) is 11.7 Å². The van der Waals surface area contributed by atoms with Gasteiger partial charge in [-0.25, -0.2) is 0 Å². The molecule has 0 unspecified atom stereocenters. The van der Waals surface area contributed by atoms with Gasteiger partial charge in [0.05, 0.1) is 31.6 Å². The second-order valence-electron chi connectivity index (χ2n) is 12.8. The van der Waals surface area contributed by atoms with Gasteiger partial charge in [0.25, 0.3) is 0 Å². The smallest absolute Gasteiger partial charge is 0.246 e. The minimum atomic E-state index is -1.26. The molecule has 232 valence electrons.